The summed E-state index contributed by atoms with van der Waals surface area (Å²) in [7, 11) is 0. The predicted molar refractivity (Wildman–Crippen MR) is 93.6 cm³/mol. The molecule has 3 rings (SSSR count). The molecule has 24 heavy (non-hydrogen) atoms. The zero-order valence-electron chi connectivity index (χ0n) is 13.6. The maximum Gasteiger partial charge on any atom is 0.221 e. The van der Waals surface area contributed by atoms with Gasteiger partial charge in [-0.1, -0.05) is 42.5 Å². The van der Waals surface area contributed by atoms with Crippen molar-refractivity contribution in [3.63, 3.8) is 0 Å². The molecule has 5 heteroatoms. The monoisotopic (exact) mass is 323 g/mol. The Hall–Kier alpha value is -2.66. The predicted octanol–water partition coefficient (Wildman–Crippen LogP) is 2.65. The molecule has 0 aliphatic carbocycles. The Balaban J connectivity index is 1.61. The standard InChI is InChI=1S/C19H21N3O2/c1-13-6-5-9-15-19(13)22-17(20-15)10-11-18(24)21-16(12-23)14-7-3-2-4-8-14/h2-9,16,23H,10-12H2,1H3,(H,20,22)(H,21,24)/t16-/m1/s1. The minimum atomic E-state index is -0.378. The largest absolute Gasteiger partial charge is 0.394 e. The summed E-state index contributed by atoms with van der Waals surface area (Å²) in [6.45, 7) is 1.89. The van der Waals surface area contributed by atoms with Gasteiger partial charge in [-0.05, 0) is 24.1 Å². The maximum absolute atomic E-state index is 12.2. The summed E-state index contributed by atoms with van der Waals surface area (Å²) >= 11 is 0. The number of hydrogen-bond donors (Lipinski definition) is 3. The third kappa shape index (κ3) is 3.63. The normalized spacial score (nSPS) is 12.2. The number of hydrogen-bond acceptors (Lipinski definition) is 3. The zero-order valence-corrected chi connectivity index (χ0v) is 13.6. The van der Waals surface area contributed by atoms with Crippen molar-refractivity contribution in [2.45, 2.75) is 25.8 Å². The SMILES string of the molecule is Cc1cccc2[nH]c(CCC(=O)N[C@H](CO)c3ccccc3)nc12. The van der Waals surface area contributed by atoms with Crippen molar-refractivity contribution in [2.24, 2.45) is 0 Å². The Morgan fingerprint density at radius 2 is 2.00 bits per heavy atom. The van der Waals surface area contributed by atoms with E-state index in [9.17, 15) is 9.90 Å². The number of fused-ring (bicyclic) bond motifs is 1. The smallest absolute Gasteiger partial charge is 0.221 e. The first-order valence-electron chi connectivity index (χ1n) is 8.06. The molecule has 0 aliphatic rings. The fourth-order valence-electron chi connectivity index (χ4n) is 2.76. The van der Waals surface area contributed by atoms with E-state index >= 15 is 0 Å². The number of aliphatic hydroxyl groups excluding tert-OH is 1. The van der Waals surface area contributed by atoms with Gasteiger partial charge in [-0.15, -0.1) is 0 Å². The third-order valence-electron chi connectivity index (χ3n) is 4.07. The van der Waals surface area contributed by atoms with Gasteiger partial charge in [-0.3, -0.25) is 4.79 Å². The van der Waals surface area contributed by atoms with Crippen LogP contribution in [0.3, 0.4) is 0 Å². The summed E-state index contributed by atoms with van der Waals surface area (Å²) in [6.07, 6.45) is 0.856. The minimum absolute atomic E-state index is 0.102. The molecule has 2 aromatic carbocycles. The Morgan fingerprint density at radius 3 is 2.71 bits per heavy atom. The molecule has 1 amide bonds. The summed E-state index contributed by atoms with van der Waals surface area (Å²) in [5.74, 6) is 0.699. The molecule has 0 saturated carbocycles. The summed E-state index contributed by atoms with van der Waals surface area (Å²) in [5.41, 5.74) is 3.95. The lowest BCUT2D eigenvalue weighted by Gasteiger charge is -2.16. The molecule has 0 saturated heterocycles. The molecule has 0 fully saturated rings. The molecule has 1 heterocycles. The second-order valence-electron chi connectivity index (χ2n) is 5.87. The van der Waals surface area contributed by atoms with Gasteiger partial charge >= 0.3 is 0 Å². The first-order chi connectivity index (χ1) is 11.7. The lowest BCUT2D eigenvalue weighted by Crippen LogP contribution is -2.30. The third-order valence-corrected chi connectivity index (χ3v) is 4.07. The Kier molecular flexibility index (Phi) is 4.91. The molecule has 1 atom stereocenters. The average molecular weight is 323 g/mol. The van der Waals surface area contributed by atoms with Crippen molar-refractivity contribution in [1.29, 1.82) is 0 Å². The molecular formula is C19H21N3O2. The number of carbonyl (C=O) groups is 1. The average Bonchev–Trinajstić information content (AvgIpc) is 3.03. The highest BCUT2D eigenvalue weighted by molar-refractivity contribution is 5.79. The number of nitrogens with one attached hydrogen (secondary N) is 2. The number of benzene rings is 2. The molecule has 0 unspecified atom stereocenters. The van der Waals surface area contributed by atoms with Gasteiger partial charge in [0.2, 0.25) is 5.91 Å². The van der Waals surface area contributed by atoms with Crippen LogP contribution >= 0.6 is 0 Å². The number of carbonyl (C=O) groups excluding carboxylic acids is 1. The quantitative estimate of drug-likeness (QED) is 0.652. The van der Waals surface area contributed by atoms with Crippen LogP contribution in [0.4, 0.5) is 0 Å². The first-order valence-corrected chi connectivity index (χ1v) is 8.06. The Labute approximate surface area is 140 Å². The van der Waals surface area contributed by atoms with Crippen molar-refractivity contribution in [3.8, 4) is 0 Å². The van der Waals surface area contributed by atoms with Crippen molar-refractivity contribution < 1.29 is 9.90 Å². The van der Waals surface area contributed by atoms with Gasteiger partial charge in [0.25, 0.3) is 0 Å². The number of aliphatic hydroxyl groups is 1. The van der Waals surface area contributed by atoms with E-state index in [4.69, 9.17) is 0 Å². The summed E-state index contributed by atoms with van der Waals surface area (Å²) in [4.78, 5) is 20.0. The van der Waals surface area contributed by atoms with Gasteiger partial charge in [0.15, 0.2) is 0 Å². The molecule has 0 bridgehead atoms. The van der Waals surface area contributed by atoms with E-state index in [0.29, 0.717) is 12.8 Å². The first kappa shape index (κ1) is 16.2. The topological polar surface area (TPSA) is 78.0 Å². The van der Waals surface area contributed by atoms with E-state index in [1.165, 1.54) is 0 Å². The van der Waals surface area contributed by atoms with Gasteiger partial charge in [-0.25, -0.2) is 4.98 Å². The number of para-hydroxylation sites is 1. The molecule has 0 radical (unpaired) electrons. The van der Waals surface area contributed by atoms with Crippen LogP contribution in [0.15, 0.2) is 48.5 Å². The fourth-order valence-corrected chi connectivity index (χ4v) is 2.76. The number of aryl methyl sites for hydroxylation is 2. The molecule has 124 valence electrons. The van der Waals surface area contributed by atoms with Gasteiger partial charge in [0, 0.05) is 12.8 Å². The highest BCUT2D eigenvalue weighted by Crippen LogP contribution is 2.16. The van der Waals surface area contributed by atoms with Crippen LogP contribution in [-0.4, -0.2) is 27.6 Å². The van der Waals surface area contributed by atoms with Gasteiger partial charge in [-0.2, -0.15) is 0 Å². The lowest BCUT2D eigenvalue weighted by atomic mass is 10.1. The number of imidazole rings is 1. The zero-order chi connectivity index (χ0) is 16.9. The number of aromatic amines is 1. The summed E-state index contributed by atoms with van der Waals surface area (Å²) in [6, 6.07) is 15.1. The number of H-pyrrole nitrogens is 1. The van der Waals surface area contributed by atoms with Crippen molar-refractivity contribution >= 4 is 16.9 Å². The highest BCUT2D eigenvalue weighted by atomic mass is 16.3. The summed E-state index contributed by atoms with van der Waals surface area (Å²) in [5, 5.41) is 12.4. The minimum Gasteiger partial charge on any atom is -0.394 e. The highest BCUT2D eigenvalue weighted by Gasteiger charge is 2.14. The van der Waals surface area contributed by atoms with E-state index in [0.717, 1.165) is 28.0 Å². The van der Waals surface area contributed by atoms with Crippen molar-refractivity contribution in [1.82, 2.24) is 15.3 Å². The Bertz CT molecular complexity index is 827. The second kappa shape index (κ2) is 7.27. The number of aromatic nitrogens is 2. The fraction of sp³-hybridized carbons (Fsp3) is 0.263. The van der Waals surface area contributed by atoms with Gasteiger partial charge in [0.1, 0.15) is 5.82 Å². The van der Waals surface area contributed by atoms with E-state index in [1.54, 1.807) is 0 Å². The molecule has 1 aromatic heterocycles. The van der Waals surface area contributed by atoms with Crippen LogP contribution < -0.4 is 5.32 Å². The van der Waals surface area contributed by atoms with Crippen LogP contribution in [-0.2, 0) is 11.2 Å². The van der Waals surface area contributed by atoms with E-state index in [-0.39, 0.29) is 18.6 Å². The number of rotatable bonds is 6. The van der Waals surface area contributed by atoms with Crippen LogP contribution in [0, 0.1) is 6.92 Å². The van der Waals surface area contributed by atoms with Crippen molar-refractivity contribution in [2.75, 3.05) is 6.61 Å². The molecule has 0 aliphatic heterocycles. The maximum atomic E-state index is 12.2. The molecule has 0 spiro atoms. The van der Waals surface area contributed by atoms with Gasteiger partial charge in [0.05, 0.1) is 23.7 Å². The van der Waals surface area contributed by atoms with E-state index < -0.39 is 0 Å². The van der Waals surface area contributed by atoms with Crippen LogP contribution in [0.5, 0.6) is 0 Å². The van der Waals surface area contributed by atoms with E-state index in [1.807, 2.05) is 55.5 Å². The lowest BCUT2D eigenvalue weighted by molar-refractivity contribution is -0.122. The van der Waals surface area contributed by atoms with Crippen molar-refractivity contribution in [3.05, 3.63) is 65.5 Å². The molecule has 3 aromatic rings. The Morgan fingerprint density at radius 1 is 1.21 bits per heavy atom. The summed E-state index contributed by atoms with van der Waals surface area (Å²) < 4.78 is 0. The molecular weight excluding hydrogens is 302 g/mol. The van der Waals surface area contributed by atoms with E-state index in [2.05, 4.69) is 15.3 Å². The van der Waals surface area contributed by atoms with Crippen LogP contribution in [0.25, 0.3) is 11.0 Å². The molecule has 5 nitrogen and oxygen atoms in total. The number of amides is 1. The molecule has 3 N–H and O–H groups in total. The second-order valence-corrected chi connectivity index (χ2v) is 5.87. The van der Waals surface area contributed by atoms with Crippen LogP contribution in [0.2, 0.25) is 0 Å². The van der Waals surface area contributed by atoms with Crippen LogP contribution in [0.1, 0.15) is 29.4 Å². The van der Waals surface area contributed by atoms with Gasteiger partial charge < -0.3 is 15.4 Å². The number of nitrogens with zero attached hydrogens (tertiary/aromatic N) is 1.